The smallest absolute Gasteiger partial charge is 0.291 e. The number of carbonyl (C=O) groups is 1. The minimum Gasteiger partial charge on any atom is -0.479 e. The zero-order valence-electron chi connectivity index (χ0n) is 23.6. The van der Waals surface area contributed by atoms with Crippen LogP contribution < -0.4 is 29.6 Å². The lowest BCUT2D eigenvalue weighted by Gasteiger charge is -2.34. The number of rotatable bonds is 10. The molecule has 0 bridgehead atoms. The topological polar surface area (TPSA) is 111 Å². The van der Waals surface area contributed by atoms with Crippen molar-refractivity contribution in [2.45, 2.75) is 25.7 Å². The lowest BCUT2D eigenvalue weighted by Crippen LogP contribution is -2.47. The number of methoxy groups -OCH3 is 2. The van der Waals surface area contributed by atoms with Gasteiger partial charge in [0.05, 0.1) is 35.0 Å². The Hall–Kier alpha value is -3.61. The molecule has 1 fully saturated rings. The third-order valence-electron chi connectivity index (χ3n) is 6.17. The van der Waals surface area contributed by atoms with E-state index in [9.17, 15) is 4.79 Å². The van der Waals surface area contributed by atoms with Crippen molar-refractivity contribution in [1.29, 1.82) is 0 Å². The number of likely N-dealkylation sites (N-methyl/N-ethyl adjacent to an activating group) is 1. The second-order valence-electron chi connectivity index (χ2n) is 10.6. The average Bonchev–Trinajstić information content (AvgIpc) is 3.36. The van der Waals surface area contributed by atoms with Crippen LogP contribution in [0.2, 0.25) is 19.6 Å². The van der Waals surface area contributed by atoms with Crippen LogP contribution in [-0.2, 0) is 4.74 Å². The van der Waals surface area contributed by atoms with Crippen LogP contribution in [0.15, 0.2) is 40.8 Å². The monoisotopic (exact) mass is 555 g/mol. The number of benzene rings is 1. The molecule has 1 aromatic carbocycles. The maximum Gasteiger partial charge on any atom is 0.291 e. The Morgan fingerprint density at radius 3 is 2.49 bits per heavy atom. The Kier molecular flexibility index (Phi) is 8.78. The van der Waals surface area contributed by atoms with E-state index in [0.717, 1.165) is 6.54 Å². The maximum atomic E-state index is 13.1. The average molecular weight is 556 g/mol. The number of hydrogen-bond donors (Lipinski definition) is 1. The van der Waals surface area contributed by atoms with Gasteiger partial charge in [-0.15, -0.1) is 0 Å². The summed E-state index contributed by atoms with van der Waals surface area (Å²) >= 11 is 0. The highest BCUT2D eigenvalue weighted by Crippen LogP contribution is 2.34. The van der Waals surface area contributed by atoms with Crippen molar-refractivity contribution in [2.75, 3.05) is 64.8 Å². The van der Waals surface area contributed by atoms with E-state index < -0.39 is 14.0 Å². The molecule has 0 spiro atoms. The molecule has 1 atom stereocenters. The number of ether oxygens (including phenoxy) is 4. The fourth-order valence-corrected chi connectivity index (χ4v) is 5.36. The van der Waals surface area contributed by atoms with Crippen LogP contribution >= 0.6 is 0 Å². The highest BCUT2D eigenvalue weighted by molar-refractivity contribution is 6.88. The van der Waals surface area contributed by atoms with Gasteiger partial charge in [0.1, 0.15) is 5.75 Å². The van der Waals surface area contributed by atoms with Crippen molar-refractivity contribution in [1.82, 2.24) is 14.9 Å². The summed E-state index contributed by atoms with van der Waals surface area (Å²) < 4.78 is 28.4. The van der Waals surface area contributed by atoms with Gasteiger partial charge < -0.3 is 38.5 Å². The first kappa shape index (κ1) is 28.4. The van der Waals surface area contributed by atoms with E-state index >= 15 is 0 Å². The van der Waals surface area contributed by atoms with Gasteiger partial charge in [-0.1, -0.05) is 37.0 Å². The summed E-state index contributed by atoms with van der Waals surface area (Å²) in [5.74, 6) is 1.17. The molecule has 1 saturated heterocycles. The van der Waals surface area contributed by atoms with Crippen LogP contribution in [-0.4, -0.2) is 89.5 Å². The van der Waals surface area contributed by atoms with E-state index in [2.05, 4.69) is 45.9 Å². The van der Waals surface area contributed by atoms with Crippen molar-refractivity contribution < 1.29 is 28.2 Å². The summed E-state index contributed by atoms with van der Waals surface area (Å²) in [6.45, 7) is 9.37. The lowest BCUT2D eigenvalue weighted by molar-refractivity contribution is 0.0242. The quantitative estimate of drug-likeness (QED) is 0.374. The van der Waals surface area contributed by atoms with E-state index in [1.807, 2.05) is 37.2 Å². The van der Waals surface area contributed by atoms with Crippen LogP contribution in [0.5, 0.6) is 23.5 Å². The minimum absolute atomic E-state index is 0.0158. The number of aromatic nitrogens is 2. The van der Waals surface area contributed by atoms with Crippen LogP contribution in [0.25, 0.3) is 0 Å². The lowest BCUT2D eigenvalue weighted by atomic mass is 10.2. The number of hydrogen-bond acceptors (Lipinski definition) is 10. The van der Waals surface area contributed by atoms with Crippen molar-refractivity contribution in [3.8, 4) is 23.5 Å². The SMILES string of the molecule is COc1nc(N2CCOC(CN(C)C)C2)nc(OC)c1NC(=O)c1ccc(Oc2cccc([Si](C)(C)C)c2)o1. The second-order valence-corrected chi connectivity index (χ2v) is 15.6. The summed E-state index contributed by atoms with van der Waals surface area (Å²) in [7, 11) is 5.45. The van der Waals surface area contributed by atoms with Gasteiger partial charge in [-0.2, -0.15) is 9.97 Å². The molecule has 0 aliphatic carbocycles. The molecule has 0 saturated carbocycles. The molecule has 4 rings (SSSR count). The number of furan rings is 1. The highest BCUT2D eigenvalue weighted by Gasteiger charge is 2.27. The Balaban J connectivity index is 1.50. The summed E-state index contributed by atoms with van der Waals surface area (Å²) in [5, 5.41) is 4.02. The zero-order chi connectivity index (χ0) is 28.2. The molecular formula is C27H37N5O6Si. The first-order valence-corrected chi connectivity index (χ1v) is 16.3. The molecule has 2 aromatic heterocycles. The predicted molar refractivity (Wildman–Crippen MR) is 152 cm³/mol. The van der Waals surface area contributed by atoms with Crippen LogP contribution in [0, 0.1) is 0 Å². The highest BCUT2D eigenvalue weighted by atomic mass is 28.3. The molecule has 210 valence electrons. The van der Waals surface area contributed by atoms with Crippen LogP contribution in [0.4, 0.5) is 11.6 Å². The standard InChI is InChI=1S/C27H37N5O6Si/c1-31(2)16-19-17-32(13-14-36-19)27-29-25(34-3)23(26(30-27)35-4)28-24(33)21-11-12-22(38-21)37-18-9-8-10-20(15-18)39(5,6)7/h8-12,15,19H,13-14,16-17H2,1-7H3,(H,28,33). The summed E-state index contributed by atoms with van der Waals surface area (Å²) in [6.07, 6.45) is 0.0158. The third kappa shape index (κ3) is 7.08. The molecule has 39 heavy (non-hydrogen) atoms. The number of morpholine rings is 1. The molecule has 1 N–H and O–H groups in total. The molecule has 1 aliphatic rings. The van der Waals surface area contributed by atoms with Gasteiger partial charge >= 0.3 is 0 Å². The largest absolute Gasteiger partial charge is 0.479 e. The molecule has 3 heterocycles. The van der Waals surface area contributed by atoms with Crippen LogP contribution in [0.1, 0.15) is 10.6 Å². The number of carbonyl (C=O) groups excluding carboxylic acids is 1. The molecule has 1 unspecified atom stereocenters. The maximum absolute atomic E-state index is 13.1. The van der Waals surface area contributed by atoms with Crippen molar-refractivity contribution in [3.63, 3.8) is 0 Å². The van der Waals surface area contributed by atoms with Gasteiger partial charge in [0, 0.05) is 25.7 Å². The molecular weight excluding hydrogens is 518 g/mol. The van der Waals surface area contributed by atoms with Crippen LogP contribution in [0.3, 0.4) is 0 Å². The predicted octanol–water partition coefficient (Wildman–Crippen LogP) is 3.44. The fraction of sp³-hybridized carbons (Fsp3) is 0.444. The Morgan fingerprint density at radius 2 is 1.85 bits per heavy atom. The summed E-state index contributed by atoms with van der Waals surface area (Å²) in [4.78, 5) is 26.3. The van der Waals surface area contributed by atoms with E-state index in [1.54, 1.807) is 12.1 Å². The summed E-state index contributed by atoms with van der Waals surface area (Å²) in [5.41, 5.74) is 0.202. The zero-order valence-corrected chi connectivity index (χ0v) is 24.6. The van der Waals surface area contributed by atoms with Gasteiger partial charge in [0.15, 0.2) is 11.4 Å². The molecule has 1 aliphatic heterocycles. The molecule has 12 heteroatoms. The summed E-state index contributed by atoms with van der Waals surface area (Å²) in [6, 6.07) is 11.1. The van der Waals surface area contributed by atoms with Gasteiger partial charge in [-0.05, 0) is 32.3 Å². The molecule has 0 radical (unpaired) electrons. The minimum atomic E-state index is -1.50. The van der Waals surface area contributed by atoms with E-state index in [1.165, 1.54) is 19.4 Å². The Bertz CT molecular complexity index is 1270. The Labute approximate surface area is 230 Å². The van der Waals surface area contributed by atoms with Gasteiger partial charge in [-0.25, -0.2) is 0 Å². The normalized spacial score (nSPS) is 15.8. The molecule has 11 nitrogen and oxygen atoms in total. The number of nitrogens with zero attached hydrogens (tertiary/aromatic N) is 4. The Morgan fingerprint density at radius 1 is 1.13 bits per heavy atom. The fourth-order valence-electron chi connectivity index (χ4n) is 4.19. The number of nitrogens with one attached hydrogen (secondary N) is 1. The number of amides is 1. The van der Waals surface area contributed by atoms with Crippen molar-refractivity contribution in [3.05, 3.63) is 42.2 Å². The number of anilines is 2. The first-order chi connectivity index (χ1) is 18.6. The first-order valence-electron chi connectivity index (χ1n) is 12.8. The van der Waals surface area contributed by atoms with Crippen molar-refractivity contribution >= 4 is 30.8 Å². The van der Waals surface area contributed by atoms with E-state index in [0.29, 0.717) is 31.4 Å². The molecule has 1 amide bonds. The van der Waals surface area contributed by atoms with E-state index in [4.69, 9.17) is 23.4 Å². The van der Waals surface area contributed by atoms with Gasteiger partial charge in [-0.3, -0.25) is 4.79 Å². The van der Waals surface area contributed by atoms with E-state index in [-0.39, 0.29) is 35.3 Å². The van der Waals surface area contributed by atoms with Gasteiger partial charge in [0.25, 0.3) is 11.9 Å². The third-order valence-corrected chi connectivity index (χ3v) is 8.21. The van der Waals surface area contributed by atoms with Gasteiger partial charge in [0.2, 0.25) is 17.7 Å². The second kappa shape index (κ2) is 12.1. The van der Waals surface area contributed by atoms with Crippen molar-refractivity contribution in [2.24, 2.45) is 0 Å². The molecule has 3 aromatic rings.